The predicted octanol–water partition coefficient (Wildman–Crippen LogP) is 2.42. The van der Waals surface area contributed by atoms with E-state index >= 15 is 0 Å². The number of aromatic amines is 1. The van der Waals surface area contributed by atoms with Crippen molar-refractivity contribution < 1.29 is 14.7 Å². The lowest BCUT2D eigenvalue weighted by molar-refractivity contribution is -0.144. The van der Waals surface area contributed by atoms with Crippen molar-refractivity contribution in [3.63, 3.8) is 0 Å². The second-order valence-corrected chi connectivity index (χ2v) is 6.21. The molecule has 7 heteroatoms. The zero-order valence-corrected chi connectivity index (χ0v) is 13.1. The first-order valence-corrected chi connectivity index (χ1v) is 7.48. The average Bonchev–Trinajstić information content (AvgIpc) is 3.12. The molecule has 0 aromatic carbocycles. The Bertz CT molecular complexity index is 539. The van der Waals surface area contributed by atoms with Crippen molar-refractivity contribution in [3.8, 4) is 0 Å². The summed E-state index contributed by atoms with van der Waals surface area (Å²) < 4.78 is 0.640. The topological polar surface area (TPSA) is 95.1 Å². The smallest absolute Gasteiger partial charge is 0.329 e. The molecule has 0 radical (unpaired) electrons. The van der Waals surface area contributed by atoms with E-state index < -0.39 is 17.4 Å². The highest BCUT2D eigenvalue weighted by atomic mass is 79.9. The van der Waals surface area contributed by atoms with E-state index in [-0.39, 0.29) is 5.69 Å². The number of carboxylic acid groups (broad SMARTS) is 1. The van der Waals surface area contributed by atoms with Gasteiger partial charge in [-0.2, -0.15) is 5.10 Å². The summed E-state index contributed by atoms with van der Waals surface area (Å²) in [5.41, 5.74) is -0.137. The van der Waals surface area contributed by atoms with E-state index in [1.54, 1.807) is 0 Å². The number of aromatic nitrogens is 2. The lowest BCUT2D eigenvalue weighted by atomic mass is 9.96. The molecule has 1 unspecified atom stereocenters. The van der Waals surface area contributed by atoms with Crippen molar-refractivity contribution in [1.29, 1.82) is 0 Å². The zero-order chi connectivity index (χ0) is 14.9. The fraction of sp³-hybridized carbons (Fsp3) is 0.615. The highest BCUT2D eigenvalue weighted by molar-refractivity contribution is 9.10. The molecule has 0 aliphatic heterocycles. The van der Waals surface area contributed by atoms with Gasteiger partial charge in [-0.25, -0.2) is 4.79 Å². The van der Waals surface area contributed by atoms with Gasteiger partial charge in [0.05, 0.1) is 10.2 Å². The van der Waals surface area contributed by atoms with Gasteiger partial charge in [-0.3, -0.25) is 9.89 Å². The van der Waals surface area contributed by atoms with Gasteiger partial charge in [-0.05, 0) is 42.1 Å². The third kappa shape index (κ3) is 2.87. The van der Waals surface area contributed by atoms with Crippen LogP contribution < -0.4 is 5.32 Å². The largest absolute Gasteiger partial charge is 0.480 e. The van der Waals surface area contributed by atoms with E-state index in [2.05, 4.69) is 31.4 Å². The number of H-pyrrole nitrogens is 1. The first-order valence-electron chi connectivity index (χ1n) is 6.68. The summed E-state index contributed by atoms with van der Waals surface area (Å²) in [4.78, 5) is 23.6. The van der Waals surface area contributed by atoms with Gasteiger partial charge in [0, 0.05) is 5.92 Å². The maximum atomic E-state index is 12.2. The van der Waals surface area contributed by atoms with Crippen LogP contribution in [0.3, 0.4) is 0 Å². The monoisotopic (exact) mass is 343 g/mol. The Morgan fingerprint density at radius 1 is 1.55 bits per heavy atom. The molecule has 1 atom stereocenters. The third-order valence-corrected chi connectivity index (χ3v) is 4.35. The first kappa shape index (κ1) is 15.0. The van der Waals surface area contributed by atoms with Crippen LogP contribution in [0.5, 0.6) is 0 Å². The van der Waals surface area contributed by atoms with Gasteiger partial charge < -0.3 is 10.4 Å². The van der Waals surface area contributed by atoms with Crippen LogP contribution in [0.4, 0.5) is 0 Å². The summed E-state index contributed by atoms with van der Waals surface area (Å²) in [7, 11) is 0. The summed E-state index contributed by atoms with van der Waals surface area (Å²) >= 11 is 3.37. The minimum Gasteiger partial charge on any atom is -0.480 e. The van der Waals surface area contributed by atoms with E-state index in [4.69, 9.17) is 0 Å². The van der Waals surface area contributed by atoms with Crippen molar-refractivity contribution >= 4 is 27.8 Å². The molecule has 0 spiro atoms. The van der Waals surface area contributed by atoms with E-state index in [0.29, 0.717) is 23.2 Å². The van der Waals surface area contributed by atoms with Crippen molar-refractivity contribution in [1.82, 2.24) is 15.5 Å². The molecule has 1 aliphatic rings. The van der Waals surface area contributed by atoms with Crippen molar-refractivity contribution in [2.45, 2.75) is 51.0 Å². The van der Waals surface area contributed by atoms with Crippen molar-refractivity contribution in [3.05, 3.63) is 15.9 Å². The summed E-state index contributed by atoms with van der Waals surface area (Å²) in [6.07, 6.45) is 3.21. The molecule has 3 N–H and O–H groups in total. The Labute approximate surface area is 125 Å². The summed E-state index contributed by atoms with van der Waals surface area (Å²) in [5, 5.41) is 18.7. The predicted molar refractivity (Wildman–Crippen MR) is 76.7 cm³/mol. The molecule has 1 aromatic rings. The average molecular weight is 344 g/mol. The minimum atomic E-state index is -1.27. The number of halogens is 1. The Morgan fingerprint density at radius 3 is 2.70 bits per heavy atom. The fourth-order valence-corrected chi connectivity index (χ4v) is 2.85. The number of nitrogens with one attached hydrogen (secondary N) is 2. The quantitative estimate of drug-likeness (QED) is 0.739. The number of aliphatic carboxylic acids is 1. The van der Waals surface area contributed by atoms with E-state index in [0.717, 1.165) is 18.5 Å². The van der Waals surface area contributed by atoms with Crippen LogP contribution >= 0.6 is 15.9 Å². The zero-order valence-electron chi connectivity index (χ0n) is 11.5. The molecule has 6 nitrogen and oxygen atoms in total. The molecule has 1 heterocycles. The molecule has 1 fully saturated rings. The molecule has 20 heavy (non-hydrogen) atoms. The molecule has 1 aliphatic carbocycles. The second-order valence-electron chi connectivity index (χ2n) is 5.42. The number of carbonyl (C=O) groups excluding carboxylic acids is 1. The van der Waals surface area contributed by atoms with Crippen LogP contribution in [0.1, 0.15) is 61.6 Å². The lowest BCUT2D eigenvalue weighted by Crippen LogP contribution is -2.52. The van der Waals surface area contributed by atoms with Crippen LogP contribution in [-0.4, -0.2) is 32.7 Å². The number of carboxylic acids is 1. The summed E-state index contributed by atoms with van der Waals surface area (Å²) in [5.74, 6) is -1.08. The van der Waals surface area contributed by atoms with Gasteiger partial charge in [-0.15, -0.1) is 0 Å². The van der Waals surface area contributed by atoms with Crippen LogP contribution in [0.15, 0.2) is 4.47 Å². The highest BCUT2D eigenvalue weighted by Gasteiger charge is 2.36. The Kier molecular flexibility index (Phi) is 4.17. The number of rotatable bonds is 6. The number of carbonyl (C=O) groups is 2. The second kappa shape index (κ2) is 5.55. The normalized spacial score (nSPS) is 17.6. The molecule has 0 saturated heterocycles. The summed E-state index contributed by atoms with van der Waals surface area (Å²) in [6.45, 7) is 3.39. The van der Waals surface area contributed by atoms with Gasteiger partial charge >= 0.3 is 5.97 Å². The van der Waals surface area contributed by atoms with Crippen LogP contribution in [0.25, 0.3) is 0 Å². The van der Waals surface area contributed by atoms with E-state index in [9.17, 15) is 14.7 Å². The number of nitrogens with zero attached hydrogens (tertiary/aromatic N) is 1. The standard InChI is InChI=1S/C13H18BrN3O3/c1-3-6-13(2,12(19)20)15-11(18)10-8(14)9(16-17-10)7-4-5-7/h7H,3-6H2,1-2H3,(H,15,18)(H,16,17)(H,19,20). The SMILES string of the molecule is CCCC(C)(NC(=O)c1n[nH]c(C2CC2)c1Br)C(=O)O. The Morgan fingerprint density at radius 2 is 2.20 bits per heavy atom. The molecule has 0 bridgehead atoms. The highest BCUT2D eigenvalue weighted by Crippen LogP contribution is 2.42. The van der Waals surface area contributed by atoms with E-state index in [1.165, 1.54) is 6.92 Å². The molecular formula is C13H18BrN3O3. The minimum absolute atomic E-state index is 0.218. The van der Waals surface area contributed by atoms with Crippen LogP contribution in [0.2, 0.25) is 0 Å². The molecule has 2 rings (SSSR count). The Balaban J connectivity index is 2.16. The molecule has 1 amide bonds. The van der Waals surface area contributed by atoms with Crippen LogP contribution in [0, 0.1) is 0 Å². The van der Waals surface area contributed by atoms with E-state index in [1.807, 2.05) is 6.92 Å². The van der Waals surface area contributed by atoms with Gasteiger partial charge in [0.25, 0.3) is 5.91 Å². The molecule has 110 valence electrons. The van der Waals surface area contributed by atoms with Gasteiger partial charge in [0.15, 0.2) is 5.69 Å². The summed E-state index contributed by atoms with van der Waals surface area (Å²) in [6, 6.07) is 0. The molecule has 1 saturated carbocycles. The number of amides is 1. The molecular weight excluding hydrogens is 326 g/mol. The molecule has 1 aromatic heterocycles. The van der Waals surface area contributed by atoms with Crippen molar-refractivity contribution in [2.75, 3.05) is 0 Å². The van der Waals surface area contributed by atoms with Gasteiger partial charge in [-0.1, -0.05) is 13.3 Å². The first-order chi connectivity index (χ1) is 9.39. The van der Waals surface area contributed by atoms with Crippen LogP contribution in [-0.2, 0) is 4.79 Å². The van der Waals surface area contributed by atoms with Gasteiger partial charge in [0.1, 0.15) is 5.54 Å². The van der Waals surface area contributed by atoms with Crippen molar-refractivity contribution in [2.24, 2.45) is 0 Å². The lowest BCUT2D eigenvalue weighted by Gasteiger charge is -2.25. The maximum Gasteiger partial charge on any atom is 0.329 e. The number of hydrogen-bond donors (Lipinski definition) is 3. The third-order valence-electron chi connectivity index (χ3n) is 3.54. The van der Waals surface area contributed by atoms with Gasteiger partial charge in [0.2, 0.25) is 0 Å². The fourth-order valence-electron chi connectivity index (χ4n) is 2.17. The maximum absolute atomic E-state index is 12.2. The Hall–Kier alpha value is -1.37. The number of hydrogen-bond acceptors (Lipinski definition) is 3.